The molecule has 1 aromatic carbocycles. The van der Waals surface area contributed by atoms with Gasteiger partial charge in [0.1, 0.15) is 12.0 Å². The number of methoxy groups -OCH3 is 1. The molecule has 0 aliphatic heterocycles. The Hall–Kier alpha value is -2.83. The number of rotatable bonds is 7. The number of carbonyl (C=O) groups is 1. The van der Waals surface area contributed by atoms with Crippen molar-refractivity contribution in [2.75, 3.05) is 36.7 Å². The Morgan fingerprint density at radius 1 is 1.33 bits per heavy atom. The van der Waals surface area contributed by atoms with E-state index in [1.165, 1.54) is 13.4 Å². The zero-order chi connectivity index (χ0) is 17.5. The first kappa shape index (κ1) is 17.5. The lowest BCUT2D eigenvalue weighted by Gasteiger charge is -2.22. The van der Waals surface area contributed by atoms with E-state index < -0.39 is 5.97 Å². The van der Waals surface area contributed by atoms with Crippen LogP contribution in [0.3, 0.4) is 0 Å². The summed E-state index contributed by atoms with van der Waals surface area (Å²) >= 11 is 0. The maximum absolute atomic E-state index is 12.0. The van der Waals surface area contributed by atoms with Crippen LogP contribution < -0.4 is 16.0 Å². The molecular formula is C17H23N5O2. The van der Waals surface area contributed by atoms with Gasteiger partial charge < -0.3 is 20.7 Å². The van der Waals surface area contributed by atoms with Crippen LogP contribution in [0.1, 0.15) is 30.1 Å². The van der Waals surface area contributed by atoms with Gasteiger partial charge in [-0.15, -0.1) is 0 Å². The number of nitrogens with zero attached hydrogens (tertiary/aromatic N) is 3. The van der Waals surface area contributed by atoms with E-state index in [2.05, 4.69) is 22.2 Å². The Labute approximate surface area is 141 Å². The largest absolute Gasteiger partial charge is 0.465 e. The second-order valence-electron chi connectivity index (χ2n) is 5.31. The Morgan fingerprint density at radius 3 is 2.79 bits per heavy atom. The molecular weight excluding hydrogens is 306 g/mol. The number of nitrogens with two attached hydrogens (primary N) is 1. The van der Waals surface area contributed by atoms with Crippen molar-refractivity contribution in [3.05, 3.63) is 36.2 Å². The molecule has 1 aromatic heterocycles. The normalized spacial score (nSPS) is 10.3. The summed E-state index contributed by atoms with van der Waals surface area (Å²) in [7, 11) is 3.16. The molecule has 1 heterocycles. The number of hydrogen-bond acceptors (Lipinski definition) is 7. The third-order valence-electron chi connectivity index (χ3n) is 3.67. The molecule has 0 radical (unpaired) electrons. The Balaban J connectivity index is 2.35. The van der Waals surface area contributed by atoms with Crippen LogP contribution in [0.2, 0.25) is 0 Å². The van der Waals surface area contributed by atoms with Gasteiger partial charge in [0.15, 0.2) is 11.6 Å². The summed E-state index contributed by atoms with van der Waals surface area (Å²) in [5.41, 5.74) is 7.76. The minimum Gasteiger partial charge on any atom is -0.465 e. The summed E-state index contributed by atoms with van der Waals surface area (Å²) in [5.74, 6) is 0.711. The molecule has 24 heavy (non-hydrogen) atoms. The van der Waals surface area contributed by atoms with Crippen LogP contribution >= 0.6 is 0 Å². The van der Waals surface area contributed by atoms with E-state index in [9.17, 15) is 4.79 Å². The summed E-state index contributed by atoms with van der Waals surface area (Å²) in [6, 6.07) is 7.15. The van der Waals surface area contributed by atoms with Gasteiger partial charge in [0.25, 0.3) is 0 Å². The van der Waals surface area contributed by atoms with Crippen LogP contribution in [0.25, 0.3) is 0 Å². The summed E-state index contributed by atoms with van der Waals surface area (Å²) in [4.78, 5) is 22.2. The Kier molecular flexibility index (Phi) is 5.95. The number of carbonyl (C=O) groups excluding carboxylic acids is 1. The molecule has 0 aliphatic rings. The van der Waals surface area contributed by atoms with Crippen LogP contribution in [0.5, 0.6) is 0 Å². The third kappa shape index (κ3) is 3.73. The van der Waals surface area contributed by atoms with Crippen LogP contribution in [0, 0.1) is 0 Å². The quantitative estimate of drug-likeness (QED) is 0.596. The predicted octanol–water partition coefficient (Wildman–Crippen LogP) is 2.83. The number of para-hydroxylation sites is 1. The van der Waals surface area contributed by atoms with E-state index in [1.807, 2.05) is 12.1 Å². The van der Waals surface area contributed by atoms with Gasteiger partial charge in [-0.05, 0) is 18.6 Å². The van der Waals surface area contributed by atoms with Crippen molar-refractivity contribution in [2.24, 2.45) is 0 Å². The zero-order valence-electron chi connectivity index (χ0n) is 14.2. The molecule has 0 bridgehead atoms. The van der Waals surface area contributed by atoms with Crippen LogP contribution in [-0.2, 0) is 4.74 Å². The van der Waals surface area contributed by atoms with Crippen molar-refractivity contribution in [3.8, 4) is 0 Å². The average Bonchev–Trinajstić information content (AvgIpc) is 2.62. The molecule has 0 spiro atoms. The van der Waals surface area contributed by atoms with E-state index in [1.54, 1.807) is 24.1 Å². The number of esters is 1. The predicted molar refractivity (Wildman–Crippen MR) is 95.7 cm³/mol. The van der Waals surface area contributed by atoms with Gasteiger partial charge in [0, 0.05) is 13.6 Å². The van der Waals surface area contributed by atoms with E-state index in [-0.39, 0.29) is 0 Å². The van der Waals surface area contributed by atoms with E-state index in [4.69, 9.17) is 10.5 Å². The SMILES string of the molecule is CCCCNc1ncnc(N(C)c2ccccc2C(=O)OC)c1N. The molecule has 0 atom stereocenters. The van der Waals surface area contributed by atoms with E-state index >= 15 is 0 Å². The monoisotopic (exact) mass is 329 g/mol. The second-order valence-corrected chi connectivity index (χ2v) is 5.31. The Morgan fingerprint density at radius 2 is 2.08 bits per heavy atom. The van der Waals surface area contributed by atoms with Crippen molar-refractivity contribution in [2.45, 2.75) is 19.8 Å². The number of anilines is 4. The van der Waals surface area contributed by atoms with E-state index in [0.717, 1.165) is 19.4 Å². The number of aromatic nitrogens is 2. The highest BCUT2D eigenvalue weighted by atomic mass is 16.5. The molecule has 0 unspecified atom stereocenters. The molecule has 128 valence electrons. The summed E-state index contributed by atoms with van der Waals surface area (Å²) < 4.78 is 4.84. The molecule has 0 fully saturated rings. The first-order valence-electron chi connectivity index (χ1n) is 7.85. The van der Waals surface area contributed by atoms with Crippen LogP contribution in [-0.4, -0.2) is 36.6 Å². The highest BCUT2D eigenvalue weighted by molar-refractivity contribution is 5.97. The van der Waals surface area contributed by atoms with Gasteiger partial charge in [-0.1, -0.05) is 25.5 Å². The molecule has 2 rings (SSSR count). The smallest absolute Gasteiger partial charge is 0.339 e. The topological polar surface area (TPSA) is 93.4 Å². The Bertz CT molecular complexity index is 705. The van der Waals surface area contributed by atoms with Gasteiger partial charge in [0.05, 0.1) is 18.4 Å². The number of nitrogens with one attached hydrogen (secondary N) is 1. The molecule has 3 N–H and O–H groups in total. The lowest BCUT2D eigenvalue weighted by molar-refractivity contribution is 0.0601. The molecule has 7 nitrogen and oxygen atoms in total. The fourth-order valence-corrected chi connectivity index (χ4v) is 2.34. The van der Waals surface area contributed by atoms with Gasteiger partial charge in [-0.3, -0.25) is 0 Å². The van der Waals surface area contributed by atoms with Crippen LogP contribution in [0.4, 0.5) is 23.0 Å². The van der Waals surface area contributed by atoms with Crippen molar-refractivity contribution >= 4 is 29.0 Å². The minimum atomic E-state index is -0.411. The molecule has 7 heteroatoms. The average molecular weight is 329 g/mol. The van der Waals surface area contributed by atoms with Gasteiger partial charge >= 0.3 is 5.97 Å². The van der Waals surface area contributed by atoms with Crippen molar-refractivity contribution in [1.82, 2.24) is 9.97 Å². The number of unbranched alkanes of at least 4 members (excludes halogenated alkanes) is 1. The van der Waals surface area contributed by atoms with Crippen LogP contribution in [0.15, 0.2) is 30.6 Å². The lowest BCUT2D eigenvalue weighted by atomic mass is 10.1. The molecule has 0 saturated heterocycles. The highest BCUT2D eigenvalue weighted by Crippen LogP contribution is 2.32. The van der Waals surface area contributed by atoms with Crippen molar-refractivity contribution < 1.29 is 9.53 Å². The molecule has 0 saturated carbocycles. The maximum atomic E-state index is 12.0. The van der Waals surface area contributed by atoms with Gasteiger partial charge in [-0.2, -0.15) is 0 Å². The minimum absolute atomic E-state index is 0.411. The molecule has 0 amide bonds. The van der Waals surface area contributed by atoms with Gasteiger partial charge in [0.2, 0.25) is 0 Å². The fourth-order valence-electron chi connectivity index (χ4n) is 2.34. The lowest BCUT2D eigenvalue weighted by Crippen LogP contribution is -2.18. The maximum Gasteiger partial charge on any atom is 0.339 e. The summed E-state index contributed by atoms with van der Waals surface area (Å²) in [6.45, 7) is 2.91. The van der Waals surface area contributed by atoms with Gasteiger partial charge in [-0.25, -0.2) is 14.8 Å². The number of nitrogen functional groups attached to an aromatic ring is 1. The molecule has 2 aromatic rings. The standard InChI is InChI=1S/C17H23N5O2/c1-4-5-10-19-15-14(18)16(21-11-20-15)22(2)13-9-7-6-8-12(13)17(23)24-3/h6-9,11H,4-5,10,18H2,1-3H3,(H,19,20,21). The third-order valence-corrected chi connectivity index (χ3v) is 3.67. The number of ether oxygens (including phenoxy) is 1. The first-order valence-corrected chi connectivity index (χ1v) is 7.85. The first-order chi connectivity index (χ1) is 11.6. The number of hydrogen-bond donors (Lipinski definition) is 2. The highest BCUT2D eigenvalue weighted by Gasteiger charge is 2.19. The second kappa shape index (κ2) is 8.14. The summed E-state index contributed by atoms with van der Waals surface area (Å²) in [6.07, 6.45) is 3.56. The summed E-state index contributed by atoms with van der Waals surface area (Å²) in [5, 5.41) is 3.21. The zero-order valence-corrected chi connectivity index (χ0v) is 14.2. The van der Waals surface area contributed by atoms with Crippen molar-refractivity contribution in [1.29, 1.82) is 0 Å². The van der Waals surface area contributed by atoms with Crippen molar-refractivity contribution in [3.63, 3.8) is 0 Å². The number of benzene rings is 1. The fraction of sp³-hybridized carbons (Fsp3) is 0.353. The molecule has 0 aliphatic carbocycles. The van der Waals surface area contributed by atoms with E-state index in [0.29, 0.717) is 28.6 Å².